The van der Waals surface area contributed by atoms with E-state index < -0.39 is 0 Å². The Morgan fingerprint density at radius 3 is 2.10 bits per heavy atom. The van der Waals surface area contributed by atoms with E-state index in [1.807, 2.05) is 0 Å². The molecule has 0 unspecified atom stereocenters. The summed E-state index contributed by atoms with van der Waals surface area (Å²) in [4.78, 5) is 0. The van der Waals surface area contributed by atoms with Crippen molar-refractivity contribution in [2.75, 3.05) is 0 Å². The fourth-order valence-electron chi connectivity index (χ4n) is 3.28. The minimum Gasteiger partial charge on any atom is -0.310 e. The van der Waals surface area contributed by atoms with E-state index in [1.165, 1.54) is 49.7 Å². The molecule has 1 N–H and O–H groups in total. The summed E-state index contributed by atoms with van der Waals surface area (Å²) in [6.45, 7) is 7.89. The van der Waals surface area contributed by atoms with Crippen LogP contribution >= 0.6 is 0 Å². The molecule has 1 nitrogen and oxygen atoms in total. The van der Waals surface area contributed by atoms with Crippen LogP contribution in [0.1, 0.15) is 76.3 Å². The Hall–Kier alpha value is -0.820. The molecule has 1 atom stereocenters. The quantitative estimate of drug-likeness (QED) is 0.722. The van der Waals surface area contributed by atoms with Gasteiger partial charge in [-0.1, -0.05) is 63.8 Å². The summed E-state index contributed by atoms with van der Waals surface area (Å²) >= 11 is 0. The van der Waals surface area contributed by atoms with E-state index in [0.717, 1.165) is 12.5 Å². The van der Waals surface area contributed by atoms with Gasteiger partial charge in [-0.15, -0.1) is 0 Å². The van der Waals surface area contributed by atoms with E-state index in [-0.39, 0.29) is 0 Å². The molecule has 112 valence electrons. The smallest absolute Gasteiger partial charge is 0.0208 e. The van der Waals surface area contributed by atoms with E-state index in [2.05, 4.69) is 50.4 Å². The van der Waals surface area contributed by atoms with Gasteiger partial charge in [0.05, 0.1) is 0 Å². The lowest BCUT2D eigenvalue weighted by atomic mass is 9.93. The lowest BCUT2D eigenvalue weighted by Crippen LogP contribution is -2.32. The average Bonchev–Trinajstić information content (AvgIpc) is 2.74. The number of rotatable bonds is 5. The predicted octanol–water partition coefficient (Wildman–Crippen LogP) is 5.26. The van der Waals surface area contributed by atoms with E-state index in [0.29, 0.717) is 12.0 Å². The topological polar surface area (TPSA) is 12.0 Å². The van der Waals surface area contributed by atoms with Crippen molar-refractivity contribution in [2.24, 2.45) is 5.92 Å². The van der Waals surface area contributed by atoms with Crippen LogP contribution in [0.25, 0.3) is 0 Å². The molecule has 1 fully saturated rings. The normalized spacial score (nSPS) is 19.0. The Morgan fingerprint density at radius 2 is 1.55 bits per heavy atom. The van der Waals surface area contributed by atoms with E-state index >= 15 is 0 Å². The first kappa shape index (κ1) is 15.6. The molecule has 1 aromatic rings. The number of hydrogen-bond donors (Lipinski definition) is 1. The Kier molecular flexibility index (Phi) is 6.09. The largest absolute Gasteiger partial charge is 0.310 e. The number of hydrogen-bond acceptors (Lipinski definition) is 1. The van der Waals surface area contributed by atoms with Crippen LogP contribution < -0.4 is 5.32 Å². The van der Waals surface area contributed by atoms with E-state index in [9.17, 15) is 0 Å². The van der Waals surface area contributed by atoms with Crippen LogP contribution in [0.15, 0.2) is 24.3 Å². The first-order chi connectivity index (χ1) is 9.66. The van der Waals surface area contributed by atoms with Gasteiger partial charge in [-0.2, -0.15) is 0 Å². The highest BCUT2D eigenvalue weighted by atomic mass is 14.9. The third-order valence-electron chi connectivity index (χ3n) is 4.88. The summed E-state index contributed by atoms with van der Waals surface area (Å²) in [7, 11) is 0. The maximum absolute atomic E-state index is 3.75. The second-order valence-corrected chi connectivity index (χ2v) is 6.82. The molecule has 0 heterocycles. The van der Waals surface area contributed by atoms with Gasteiger partial charge in [-0.25, -0.2) is 0 Å². The van der Waals surface area contributed by atoms with E-state index in [4.69, 9.17) is 0 Å². The molecule has 1 aliphatic carbocycles. The molecule has 2 rings (SSSR count). The number of benzene rings is 1. The van der Waals surface area contributed by atoms with E-state index in [1.54, 1.807) is 0 Å². The summed E-state index contributed by atoms with van der Waals surface area (Å²) in [6.07, 6.45) is 8.58. The molecule has 1 heteroatoms. The van der Waals surface area contributed by atoms with Crippen molar-refractivity contribution in [3.63, 3.8) is 0 Å². The second kappa shape index (κ2) is 7.83. The van der Waals surface area contributed by atoms with Gasteiger partial charge in [0, 0.05) is 12.6 Å². The molecular weight excluding hydrogens is 242 g/mol. The van der Waals surface area contributed by atoms with Crippen molar-refractivity contribution in [1.82, 2.24) is 5.32 Å². The lowest BCUT2D eigenvalue weighted by molar-refractivity contribution is 0.336. The molecule has 0 aromatic heterocycles. The molecule has 1 aliphatic rings. The fourth-order valence-corrected chi connectivity index (χ4v) is 3.28. The Morgan fingerprint density at radius 1 is 0.950 bits per heavy atom. The highest BCUT2D eigenvalue weighted by Crippen LogP contribution is 2.25. The van der Waals surface area contributed by atoms with Gasteiger partial charge in [0.2, 0.25) is 0 Å². The summed E-state index contributed by atoms with van der Waals surface area (Å²) in [5.41, 5.74) is 2.85. The van der Waals surface area contributed by atoms with Crippen LogP contribution in [-0.4, -0.2) is 6.04 Å². The fraction of sp³-hybridized carbons (Fsp3) is 0.684. The van der Waals surface area contributed by atoms with Crippen LogP contribution in [0, 0.1) is 5.92 Å². The van der Waals surface area contributed by atoms with Gasteiger partial charge in [-0.05, 0) is 42.7 Å². The standard InChI is InChI=1S/C19H31N/c1-15(2)18-12-10-17(11-13-18)14-20-16(3)19-8-6-4-5-7-9-19/h10-13,15-16,19-20H,4-9,14H2,1-3H3/t16-/m0/s1. The molecule has 0 amide bonds. The minimum absolute atomic E-state index is 0.627. The van der Waals surface area contributed by atoms with Crippen molar-refractivity contribution in [3.05, 3.63) is 35.4 Å². The monoisotopic (exact) mass is 273 g/mol. The van der Waals surface area contributed by atoms with Crippen LogP contribution in [0.4, 0.5) is 0 Å². The number of nitrogens with one attached hydrogen (secondary N) is 1. The highest BCUT2D eigenvalue weighted by molar-refractivity contribution is 5.24. The van der Waals surface area contributed by atoms with Crippen molar-refractivity contribution in [1.29, 1.82) is 0 Å². The van der Waals surface area contributed by atoms with Crippen LogP contribution in [0.5, 0.6) is 0 Å². The third kappa shape index (κ3) is 4.63. The zero-order valence-corrected chi connectivity index (χ0v) is 13.5. The van der Waals surface area contributed by atoms with Gasteiger partial charge < -0.3 is 5.32 Å². The Bertz CT molecular complexity index is 371. The molecule has 20 heavy (non-hydrogen) atoms. The SMILES string of the molecule is CC(C)c1ccc(CN[C@@H](C)C2CCCCCC2)cc1. The molecule has 0 aliphatic heterocycles. The van der Waals surface area contributed by atoms with Gasteiger partial charge >= 0.3 is 0 Å². The van der Waals surface area contributed by atoms with Gasteiger partial charge in [-0.3, -0.25) is 0 Å². The minimum atomic E-state index is 0.627. The average molecular weight is 273 g/mol. The lowest BCUT2D eigenvalue weighted by Gasteiger charge is -2.23. The predicted molar refractivity (Wildman–Crippen MR) is 88.0 cm³/mol. The van der Waals surface area contributed by atoms with Crippen molar-refractivity contribution >= 4 is 0 Å². The Labute approximate surface area is 125 Å². The molecule has 0 bridgehead atoms. The first-order valence-electron chi connectivity index (χ1n) is 8.49. The first-order valence-corrected chi connectivity index (χ1v) is 8.49. The van der Waals surface area contributed by atoms with Crippen LogP contribution in [0.2, 0.25) is 0 Å². The van der Waals surface area contributed by atoms with Gasteiger partial charge in [0.1, 0.15) is 0 Å². The molecule has 0 saturated heterocycles. The van der Waals surface area contributed by atoms with Crippen molar-refractivity contribution in [3.8, 4) is 0 Å². The van der Waals surface area contributed by atoms with Crippen molar-refractivity contribution in [2.45, 2.75) is 77.8 Å². The highest BCUT2D eigenvalue weighted by Gasteiger charge is 2.18. The van der Waals surface area contributed by atoms with Crippen LogP contribution in [0.3, 0.4) is 0 Å². The maximum atomic E-state index is 3.75. The van der Waals surface area contributed by atoms with Gasteiger partial charge in [0.15, 0.2) is 0 Å². The van der Waals surface area contributed by atoms with Crippen molar-refractivity contribution < 1.29 is 0 Å². The van der Waals surface area contributed by atoms with Crippen LogP contribution in [-0.2, 0) is 6.54 Å². The molecular formula is C19H31N. The van der Waals surface area contributed by atoms with Gasteiger partial charge in [0.25, 0.3) is 0 Å². The summed E-state index contributed by atoms with van der Waals surface area (Å²) in [5, 5.41) is 3.75. The Balaban J connectivity index is 1.81. The molecule has 1 aromatic carbocycles. The summed E-state index contributed by atoms with van der Waals surface area (Å²) in [5.74, 6) is 1.51. The summed E-state index contributed by atoms with van der Waals surface area (Å²) in [6, 6.07) is 9.76. The molecule has 1 saturated carbocycles. The zero-order valence-electron chi connectivity index (χ0n) is 13.5. The maximum Gasteiger partial charge on any atom is 0.0208 e. The third-order valence-corrected chi connectivity index (χ3v) is 4.88. The molecule has 0 radical (unpaired) electrons. The molecule has 0 spiro atoms. The zero-order chi connectivity index (χ0) is 14.4. The summed E-state index contributed by atoms with van der Waals surface area (Å²) < 4.78 is 0. The second-order valence-electron chi connectivity index (χ2n) is 6.82.